The Balaban J connectivity index is 1.43. The quantitative estimate of drug-likeness (QED) is 0.388. The van der Waals surface area contributed by atoms with Gasteiger partial charge in [-0.1, -0.05) is 30.3 Å². The molecule has 0 spiro atoms. The van der Waals surface area contributed by atoms with Gasteiger partial charge in [-0.25, -0.2) is 12.8 Å². The normalized spacial score (nSPS) is 14.8. The Morgan fingerprint density at radius 3 is 2.24 bits per heavy atom. The molecule has 1 N–H and O–H groups in total. The molecule has 1 fully saturated rings. The summed E-state index contributed by atoms with van der Waals surface area (Å²) >= 11 is 0. The minimum Gasteiger partial charge on any atom is -0.369 e. The molecule has 0 atom stereocenters. The third kappa shape index (κ3) is 5.41. The lowest BCUT2D eigenvalue weighted by Gasteiger charge is -2.35. The first kappa shape index (κ1) is 23.8. The standard InChI is InChI=1S/C24H25FN4O4S/c25-21-6-9-23(10-7-21)34(32,33)28-14-12-27(13-15-28)22-8-11-24(29(30)31)20(16-22)18-26-17-19-4-2-1-3-5-19/h1-11,16,26H,12-15,17-18H2. The van der Waals surface area contributed by atoms with E-state index in [1.165, 1.54) is 22.5 Å². The Labute approximate surface area is 197 Å². The predicted molar refractivity (Wildman–Crippen MR) is 127 cm³/mol. The molecule has 10 heteroatoms. The van der Waals surface area contributed by atoms with Crippen molar-refractivity contribution in [3.63, 3.8) is 0 Å². The van der Waals surface area contributed by atoms with Crippen molar-refractivity contribution in [3.05, 3.63) is 99.9 Å². The van der Waals surface area contributed by atoms with Crippen molar-refractivity contribution in [2.24, 2.45) is 0 Å². The number of piperazine rings is 1. The lowest BCUT2D eigenvalue weighted by Crippen LogP contribution is -2.48. The van der Waals surface area contributed by atoms with Crippen LogP contribution in [0.5, 0.6) is 0 Å². The SMILES string of the molecule is O=[N+]([O-])c1ccc(N2CCN(S(=O)(=O)c3ccc(F)cc3)CC2)cc1CNCc1ccccc1. The van der Waals surface area contributed by atoms with E-state index in [2.05, 4.69) is 5.32 Å². The molecular formula is C24H25FN4O4S. The van der Waals surface area contributed by atoms with E-state index in [4.69, 9.17) is 0 Å². The number of hydrogen-bond donors (Lipinski definition) is 1. The highest BCUT2D eigenvalue weighted by Crippen LogP contribution is 2.27. The second-order valence-electron chi connectivity index (χ2n) is 8.00. The van der Waals surface area contributed by atoms with E-state index in [1.807, 2.05) is 35.2 Å². The number of nitrogens with zero attached hydrogens (tertiary/aromatic N) is 3. The molecule has 0 aromatic heterocycles. The highest BCUT2D eigenvalue weighted by atomic mass is 32.2. The minimum absolute atomic E-state index is 0.0434. The zero-order valence-electron chi connectivity index (χ0n) is 18.4. The summed E-state index contributed by atoms with van der Waals surface area (Å²) in [6, 6.07) is 19.6. The van der Waals surface area contributed by atoms with Gasteiger partial charge in [-0.15, -0.1) is 0 Å². The maximum Gasteiger partial charge on any atom is 0.274 e. The van der Waals surface area contributed by atoms with Crippen LogP contribution in [-0.2, 0) is 23.1 Å². The summed E-state index contributed by atoms with van der Waals surface area (Å²) < 4.78 is 40.3. The van der Waals surface area contributed by atoms with Gasteiger partial charge in [0.1, 0.15) is 5.82 Å². The fourth-order valence-corrected chi connectivity index (χ4v) is 5.39. The van der Waals surface area contributed by atoms with E-state index in [0.29, 0.717) is 31.7 Å². The molecule has 0 aliphatic carbocycles. The average molecular weight is 485 g/mol. The van der Waals surface area contributed by atoms with Crippen molar-refractivity contribution >= 4 is 21.4 Å². The van der Waals surface area contributed by atoms with Crippen LogP contribution in [0, 0.1) is 15.9 Å². The van der Waals surface area contributed by atoms with Gasteiger partial charge in [0, 0.05) is 56.6 Å². The lowest BCUT2D eigenvalue weighted by atomic mass is 10.1. The number of rotatable bonds is 8. The van der Waals surface area contributed by atoms with E-state index in [1.54, 1.807) is 12.1 Å². The lowest BCUT2D eigenvalue weighted by molar-refractivity contribution is -0.385. The van der Waals surface area contributed by atoms with E-state index in [-0.39, 0.29) is 23.7 Å². The van der Waals surface area contributed by atoms with Gasteiger partial charge in [-0.2, -0.15) is 4.31 Å². The van der Waals surface area contributed by atoms with Crippen molar-refractivity contribution in [3.8, 4) is 0 Å². The number of nitrogens with one attached hydrogen (secondary N) is 1. The second-order valence-corrected chi connectivity index (χ2v) is 9.94. The topological polar surface area (TPSA) is 95.8 Å². The summed E-state index contributed by atoms with van der Waals surface area (Å²) in [5, 5.41) is 14.8. The Kier molecular flexibility index (Phi) is 7.20. The Morgan fingerprint density at radius 2 is 1.59 bits per heavy atom. The van der Waals surface area contributed by atoms with Gasteiger partial charge in [0.15, 0.2) is 0 Å². The first-order valence-electron chi connectivity index (χ1n) is 10.9. The zero-order valence-corrected chi connectivity index (χ0v) is 19.2. The van der Waals surface area contributed by atoms with Gasteiger partial charge < -0.3 is 10.2 Å². The van der Waals surface area contributed by atoms with Gasteiger partial charge in [0.25, 0.3) is 5.69 Å². The monoisotopic (exact) mass is 484 g/mol. The summed E-state index contributed by atoms with van der Waals surface area (Å²) in [6.07, 6.45) is 0. The Morgan fingerprint density at radius 1 is 0.912 bits per heavy atom. The first-order valence-corrected chi connectivity index (χ1v) is 12.3. The summed E-state index contributed by atoms with van der Waals surface area (Å²) in [7, 11) is -3.71. The first-order chi connectivity index (χ1) is 16.3. The molecule has 0 bridgehead atoms. The summed E-state index contributed by atoms with van der Waals surface area (Å²) in [5.74, 6) is -0.490. The van der Waals surface area contributed by atoms with Crippen LogP contribution in [0.15, 0.2) is 77.7 Å². The van der Waals surface area contributed by atoms with Gasteiger partial charge in [0.2, 0.25) is 10.0 Å². The molecule has 1 saturated heterocycles. The van der Waals surface area contributed by atoms with Crippen LogP contribution in [0.3, 0.4) is 0 Å². The van der Waals surface area contributed by atoms with Crippen LogP contribution in [0.1, 0.15) is 11.1 Å². The van der Waals surface area contributed by atoms with Crippen LogP contribution in [0.4, 0.5) is 15.8 Å². The van der Waals surface area contributed by atoms with E-state index < -0.39 is 20.8 Å². The summed E-state index contributed by atoms with van der Waals surface area (Å²) in [4.78, 5) is 13.2. The molecule has 1 aliphatic heterocycles. The zero-order chi connectivity index (χ0) is 24.1. The Bertz CT molecular complexity index is 1250. The summed E-state index contributed by atoms with van der Waals surface area (Å²) in [5.41, 5.74) is 2.50. The highest BCUT2D eigenvalue weighted by Gasteiger charge is 2.29. The predicted octanol–water partition coefficient (Wildman–Crippen LogP) is 3.53. The van der Waals surface area contributed by atoms with Gasteiger partial charge >= 0.3 is 0 Å². The smallest absolute Gasteiger partial charge is 0.274 e. The number of nitro groups is 1. The van der Waals surface area contributed by atoms with Crippen LogP contribution < -0.4 is 10.2 Å². The fourth-order valence-electron chi connectivity index (χ4n) is 3.97. The minimum atomic E-state index is -3.71. The molecule has 178 valence electrons. The van der Waals surface area contributed by atoms with E-state index in [9.17, 15) is 22.9 Å². The number of nitro benzene ring substituents is 1. The second kappa shape index (κ2) is 10.3. The van der Waals surface area contributed by atoms with E-state index in [0.717, 1.165) is 23.4 Å². The maximum atomic E-state index is 13.2. The molecule has 3 aromatic rings. The van der Waals surface area contributed by atoms with Crippen LogP contribution in [0.2, 0.25) is 0 Å². The third-order valence-electron chi connectivity index (χ3n) is 5.80. The fraction of sp³-hybridized carbons (Fsp3) is 0.250. The average Bonchev–Trinajstić information content (AvgIpc) is 2.85. The molecule has 0 radical (unpaired) electrons. The largest absolute Gasteiger partial charge is 0.369 e. The van der Waals surface area contributed by atoms with Gasteiger partial charge in [-0.05, 0) is 42.0 Å². The van der Waals surface area contributed by atoms with Crippen molar-refractivity contribution < 1.29 is 17.7 Å². The molecular weight excluding hydrogens is 459 g/mol. The molecule has 3 aromatic carbocycles. The molecule has 1 aliphatic rings. The number of sulfonamides is 1. The molecule has 0 unspecified atom stereocenters. The molecule has 4 rings (SSSR count). The number of anilines is 1. The molecule has 34 heavy (non-hydrogen) atoms. The summed E-state index contributed by atoms with van der Waals surface area (Å²) in [6.45, 7) is 2.32. The number of halogens is 1. The molecule has 0 amide bonds. The third-order valence-corrected chi connectivity index (χ3v) is 7.72. The Hall–Kier alpha value is -3.34. The van der Waals surface area contributed by atoms with Crippen molar-refractivity contribution in [2.75, 3.05) is 31.1 Å². The molecule has 8 nitrogen and oxygen atoms in total. The number of benzene rings is 3. The van der Waals surface area contributed by atoms with Crippen molar-refractivity contribution in [1.82, 2.24) is 9.62 Å². The van der Waals surface area contributed by atoms with E-state index >= 15 is 0 Å². The van der Waals surface area contributed by atoms with Gasteiger partial charge in [-0.3, -0.25) is 10.1 Å². The van der Waals surface area contributed by atoms with Gasteiger partial charge in [0.05, 0.1) is 9.82 Å². The molecule has 1 heterocycles. The van der Waals surface area contributed by atoms with Crippen LogP contribution >= 0.6 is 0 Å². The number of hydrogen-bond acceptors (Lipinski definition) is 6. The van der Waals surface area contributed by atoms with Crippen molar-refractivity contribution in [2.45, 2.75) is 18.0 Å². The molecule has 0 saturated carbocycles. The maximum absolute atomic E-state index is 13.2. The van der Waals surface area contributed by atoms with Crippen molar-refractivity contribution in [1.29, 1.82) is 0 Å². The van der Waals surface area contributed by atoms with Crippen LogP contribution in [0.25, 0.3) is 0 Å². The van der Waals surface area contributed by atoms with Crippen LogP contribution in [-0.4, -0.2) is 43.8 Å². The highest BCUT2D eigenvalue weighted by molar-refractivity contribution is 7.89.